The Morgan fingerprint density at radius 1 is 1.00 bits per heavy atom. The molecule has 132 valence electrons. The maximum Gasteiger partial charge on any atom is 0.226 e. The molecule has 0 aliphatic rings. The Balaban J connectivity index is 1.64. The van der Waals surface area contributed by atoms with Gasteiger partial charge >= 0.3 is 0 Å². The largest absolute Gasteiger partial charge is 0.354 e. The van der Waals surface area contributed by atoms with Crippen LogP contribution in [0.3, 0.4) is 0 Å². The molecule has 0 saturated carbocycles. The van der Waals surface area contributed by atoms with Crippen molar-refractivity contribution in [2.75, 3.05) is 11.9 Å². The molecule has 2 aromatic carbocycles. The van der Waals surface area contributed by atoms with E-state index in [1.165, 1.54) is 5.56 Å². The molecule has 2 heterocycles. The standard InChI is InChI=1S/C20H20ClN5/c1-2-5-18-24-19-16-6-3-4-7-17(16)23-20(26(19)25-18)22-13-12-14-8-10-15(21)11-9-14/h3-4,6-11H,2,5,12-13H2,1H3,(H,22,23). The molecule has 0 saturated heterocycles. The van der Waals surface area contributed by atoms with E-state index in [1.807, 2.05) is 53.0 Å². The van der Waals surface area contributed by atoms with Crippen molar-refractivity contribution in [3.63, 3.8) is 0 Å². The number of anilines is 1. The Bertz CT molecular complexity index is 1040. The van der Waals surface area contributed by atoms with Crippen LogP contribution in [-0.2, 0) is 12.8 Å². The van der Waals surface area contributed by atoms with Gasteiger partial charge in [-0.3, -0.25) is 0 Å². The Morgan fingerprint density at radius 2 is 1.81 bits per heavy atom. The first-order valence-electron chi connectivity index (χ1n) is 8.87. The maximum atomic E-state index is 5.95. The molecular weight excluding hydrogens is 346 g/mol. The van der Waals surface area contributed by atoms with Crippen LogP contribution in [0.25, 0.3) is 16.6 Å². The van der Waals surface area contributed by atoms with E-state index in [4.69, 9.17) is 21.6 Å². The summed E-state index contributed by atoms with van der Waals surface area (Å²) >= 11 is 5.95. The van der Waals surface area contributed by atoms with E-state index in [0.29, 0.717) is 0 Å². The van der Waals surface area contributed by atoms with Crippen molar-refractivity contribution in [2.24, 2.45) is 0 Å². The minimum absolute atomic E-state index is 0.725. The lowest BCUT2D eigenvalue weighted by Gasteiger charge is -2.09. The molecule has 5 nitrogen and oxygen atoms in total. The summed E-state index contributed by atoms with van der Waals surface area (Å²) < 4.78 is 1.83. The Labute approximate surface area is 157 Å². The van der Waals surface area contributed by atoms with E-state index in [1.54, 1.807) is 0 Å². The second-order valence-corrected chi connectivity index (χ2v) is 6.71. The summed E-state index contributed by atoms with van der Waals surface area (Å²) in [7, 11) is 0. The first-order valence-corrected chi connectivity index (χ1v) is 9.25. The lowest BCUT2D eigenvalue weighted by molar-refractivity contribution is 0.812. The highest BCUT2D eigenvalue weighted by molar-refractivity contribution is 6.30. The number of para-hydroxylation sites is 1. The number of nitrogens with zero attached hydrogens (tertiary/aromatic N) is 4. The van der Waals surface area contributed by atoms with E-state index < -0.39 is 0 Å². The Morgan fingerprint density at radius 3 is 2.62 bits per heavy atom. The van der Waals surface area contributed by atoms with Gasteiger partial charge in [-0.15, -0.1) is 5.10 Å². The predicted molar refractivity (Wildman–Crippen MR) is 106 cm³/mol. The van der Waals surface area contributed by atoms with Crippen molar-refractivity contribution >= 4 is 34.1 Å². The van der Waals surface area contributed by atoms with E-state index >= 15 is 0 Å². The normalized spacial score (nSPS) is 11.3. The Kier molecular flexibility index (Phi) is 4.71. The fraction of sp³-hybridized carbons (Fsp3) is 0.250. The maximum absolute atomic E-state index is 5.95. The van der Waals surface area contributed by atoms with Gasteiger partial charge in [0.25, 0.3) is 0 Å². The van der Waals surface area contributed by atoms with Gasteiger partial charge < -0.3 is 5.32 Å². The van der Waals surface area contributed by atoms with Crippen LogP contribution in [0.2, 0.25) is 5.02 Å². The van der Waals surface area contributed by atoms with Crippen molar-refractivity contribution in [1.29, 1.82) is 0 Å². The molecule has 0 fully saturated rings. The van der Waals surface area contributed by atoms with Gasteiger partial charge in [-0.25, -0.2) is 9.97 Å². The molecule has 4 rings (SSSR count). The molecule has 0 radical (unpaired) electrons. The molecule has 1 N–H and O–H groups in total. The second kappa shape index (κ2) is 7.30. The highest BCUT2D eigenvalue weighted by atomic mass is 35.5. The number of aromatic nitrogens is 4. The molecule has 0 atom stereocenters. The van der Waals surface area contributed by atoms with E-state index in [2.05, 4.69) is 17.3 Å². The Hall–Kier alpha value is -2.66. The molecule has 26 heavy (non-hydrogen) atoms. The highest BCUT2D eigenvalue weighted by Crippen LogP contribution is 2.21. The second-order valence-electron chi connectivity index (χ2n) is 6.27. The van der Waals surface area contributed by atoms with E-state index in [-0.39, 0.29) is 0 Å². The quantitative estimate of drug-likeness (QED) is 0.545. The third kappa shape index (κ3) is 3.35. The smallest absolute Gasteiger partial charge is 0.226 e. The lowest BCUT2D eigenvalue weighted by Crippen LogP contribution is -2.11. The third-order valence-electron chi connectivity index (χ3n) is 4.31. The minimum Gasteiger partial charge on any atom is -0.354 e. The van der Waals surface area contributed by atoms with Gasteiger partial charge in [0.2, 0.25) is 5.95 Å². The van der Waals surface area contributed by atoms with Crippen LogP contribution in [0.15, 0.2) is 48.5 Å². The number of halogens is 1. The average molecular weight is 366 g/mol. The van der Waals surface area contributed by atoms with Crippen molar-refractivity contribution in [2.45, 2.75) is 26.2 Å². The molecule has 4 aromatic rings. The number of fused-ring (bicyclic) bond motifs is 3. The van der Waals surface area contributed by atoms with Crippen molar-refractivity contribution < 1.29 is 0 Å². The lowest BCUT2D eigenvalue weighted by atomic mass is 10.1. The van der Waals surface area contributed by atoms with Crippen LogP contribution >= 0.6 is 11.6 Å². The number of aryl methyl sites for hydroxylation is 1. The van der Waals surface area contributed by atoms with Crippen LogP contribution in [0, 0.1) is 0 Å². The molecule has 0 amide bonds. The van der Waals surface area contributed by atoms with Crippen LogP contribution in [-0.4, -0.2) is 26.1 Å². The molecule has 6 heteroatoms. The van der Waals surface area contributed by atoms with Gasteiger partial charge in [0.1, 0.15) is 0 Å². The average Bonchev–Trinajstić information content (AvgIpc) is 3.08. The number of benzene rings is 2. The monoisotopic (exact) mass is 365 g/mol. The van der Waals surface area contributed by atoms with Crippen LogP contribution in [0.5, 0.6) is 0 Å². The van der Waals surface area contributed by atoms with Crippen molar-refractivity contribution in [3.8, 4) is 0 Å². The highest BCUT2D eigenvalue weighted by Gasteiger charge is 2.12. The number of hydrogen-bond donors (Lipinski definition) is 1. The number of nitrogens with one attached hydrogen (secondary N) is 1. The summed E-state index contributed by atoms with van der Waals surface area (Å²) in [5.41, 5.74) is 3.00. The predicted octanol–water partition coefficient (Wildman–Crippen LogP) is 4.54. The third-order valence-corrected chi connectivity index (χ3v) is 4.56. The molecule has 0 aliphatic carbocycles. The SMILES string of the molecule is CCCc1nc2c3ccccc3nc(NCCc3ccc(Cl)cc3)n2n1. The van der Waals surface area contributed by atoms with Gasteiger partial charge in [0.15, 0.2) is 11.5 Å². The summed E-state index contributed by atoms with van der Waals surface area (Å²) in [6.07, 6.45) is 2.76. The van der Waals surface area contributed by atoms with Gasteiger partial charge in [-0.05, 0) is 42.7 Å². The number of rotatable bonds is 6. The number of hydrogen-bond acceptors (Lipinski definition) is 4. The van der Waals surface area contributed by atoms with Crippen molar-refractivity contribution in [3.05, 3.63) is 64.9 Å². The summed E-state index contributed by atoms with van der Waals surface area (Å²) in [6.45, 7) is 2.89. The molecule has 0 bridgehead atoms. The summed E-state index contributed by atoms with van der Waals surface area (Å²) in [4.78, 5) is 9.47. The topological polar surface area (TPSA) is 55.1 Å². The van der Waals surface area contributed by atoms with Crippen molar-refractivity contribution in [1.82, 2.24) is 19.6 Å². The van der Waals surface area contributed by atoms with Gasteiger partial charge in [-0.2, -0.15) is 4.52 Å². The first-order chi connectivity index (χ1) is 12.7. The van der Waals surface area contributed by atoms with E-state index in [9.17, 15) is 0 Å². The van der Waals surface area contributed by atoms with Crippen LogP contribution in [0.4, 0.5) is 5.95 Å². The minimum atomic E-state index is 0.725. The molecular formula is C20H20ClN5. The van der Waals surface area contributed by atoms with Gasteiger partial charge in [-0.1, -0.05) is 42.8 Å². The molecule has 0 aliphatic heterocycles. The molecule has 0 unspecified atom stereocenters. The zero-order chi connectivity index (χ0) is 17.9. The zero-order valence-electron chi connectivity index (χ0n) is 14.6. The fourth-order valence-electron chi connectivity index (χ4n) is 3.01. The summed E-state index contributed by atoms with van der Waals surface area (Å²) in [5, 5.41) is 9.84. The van der Waals surface area contributed by atoms with Crippen LogP contribution < -0.4 is 5.32 Å². The van der Waals surface area contributed by atoms with E-state index in [0.717, 1.165) is 59.2 Å². The first kappa shape index (κ1) is 16.8. The zero-order valence-corrected chi connectivity index (χ0v) is 15.4. The summed E-state index contributed by atoms with van der Waals surface area (Å²) in [5.74, 6) is 1.58. The van der Waals surface area contributed by atoms with Gasteiger partial charge in [0.05, 0.1) is 5.52 Å². The molecule has 2 aromatic heterocycles. The van der Waals surface area contributed by atoms with Gasteiger partial charge in [0, 0.05) is 23.4 Å². The fourth-order valence-corrected chi connectivity index (χ4v) is 3.14. The van der Waals surface area contributed by atoms with Crippen LogP contribution in [0.1, 0.15) is 24.7 Å². The molecule has 0 spiro atoms. The summed E-state index contributed by atoms with van der Waals surface area (Å²) in [6, 6.07) is 16.0.